The summed E-state index contributed by atoms with van der Waals surface area (Å²) in [6.07, 6.45) is 3.01. The predicted molar refractivity (Wildman–Crippen MR) is 130 cm³/mol. The Kier molecular flexibility index (Phi) is 7.72. The average molecular weight is 480 g/mol. The number of likely N-dealkylation sites (tertiary alicyclic amines) is 1. The fourth-order valence-electron chi connectivity index (χ4n) is 3.89. The lowest BCUT2D eigenvalue weighted by molar-refractivity contribution is -0.121. The van der Waals surface area contributed by atoms with Crippen molar-refractivity contribution >= 4 is 29.1 Å². The van der Waals surface area contributed by atoms with Gasteiger partial charge < -0.3 is 15.2 Å². The van der Waals surface area contributed by atoms with E-state index in [4.69, 9.17) is 16.1 Å². The van der Waals surface area contributed by atoms with E-state index in [1.807, 2.05) is 12.1 Å². The van der Waals surface area contributed by atoms with Crippen molar-refractivity contribution in [2.75, 3.05) is 25.0 Å². The summed E-state index contributed by atoms with van der Waals surface area (Å²) in [4.78, 5) is 31.9. The SMILES string of the molecule is C=CCNC(=O)c1ccccc1NC(=O)C1CCN(Cc2nc(-c3cccc(Cl)c3)no2)CC1. The van der Waals surface area contributed by atoms with Gasteiger partial charge in [0.25, 0.3) is 5.91 Å². The van der Waals surface area contributed by atoms with E-state index in [1.165, 1.54) is 0 Å². The molecule has 2 N–H and O–H groups in total. The molecule has 1 aliphatic heterocycles. The van der Waals surface area contributed by atoms with E-state index < -0.39 is 0 Å². The number of benzene rings is 2. The number of hydrogen-bond donors (Lipinski definition) is 2. The van der Waals surface area contributed by atoms with Crippen LogP contribution in [0.15, 0.2) is 65.7 Å². The van der Waals surface area contributed by atoms with Crippen LogP contribution in [0.25, 0.3) is 11.4 Å². The van der Waals surface area contributed by atoms with E-state index in [0.29, 0.717) is 53.9 Å². The van der Waals surface area contributed by atoms with Gasteiger partial charge in [0.15, 0.2) is 0 Å². The average Bonchev–Trinajstić information content (AvgIpc) is 3.32. The van der Waals surface area contributed by atoms with Gasteiger partial charge in [0.2, 0.25) is 17.6 Å². The Hall–Kier alpha value is -3.49. The maximum atomic E-state index is 12.9. The Bertz CT molecular complexity index is 1170. The van der Waals surface area contributed by atoms with Crippen LogP contribution in [-0.4, -0.2) is 46.5 Å². The number of hydrogen-bond acceptors (Lipinski definition) is 6. The smallest absolute Gasteiger partial charge is 0.253 e. The van der Waals surface area contributed by atoms with Crippen molar-refractivity contribution in [3.63, 3.8) is 0 Å². The van der Waals surface area contributed by atoms with Crippen LogP contribution >= 0.6 is 11.6 Å². The maximum absolute atomic E-state index is 12.9. The third-order valence-corrected chi connectivity index (χ3v) is 5.94. The van der Waals surface area contributed by atoms with Gasteiger partial charge in [-0.1, -0.05) is 47.1 Å². The minimum Gasteiger partial charge on any atom is -0.349 e. The molecule has 0 aliphatic carbocycles. The number of halogens is 1. The van der Waals surface area contributed by atoms with Crippen molar-refractivity contribution in [1.29, 1.82) is 0 Å². The minimum atomic E-state index is -0.248. The van der Waals surface area contributed by atoms with Crippen LogP contribution in [0.1, 0.15) is 29.1 Å². The van der Waals surface area contributed by atoms with E-state index in [2.05, 4.69) is 32.3 Å². The number of rotatable bonds is 8. The third-order valence-electron chi connectivity index (χ3n) is 5.70. The van der Waals surface area contributed by atoms with Crippen molar-refractivity contribution in [2.24, 2.45) is 5.92 Å². The first-order valence-corrected chi connectivity index (χ1v) is 11.5. The zero-order valence-corrected chi connectivity index (χ0v) is 19.4. The van der Waals surface area contributed by atoms with Gasteiger partial charge in [-0.05, 0) is 50.2 Å². The van der Waals surface area contributed by atoms with Crippen molar-refractivity contribution in [3.8, 4) is 11.4 Å². The fourth-order valence-corrected chi connectivity index (χ4v) is 4.08. The standard InChI is InChI=1S/C25H26ClN5O3/c1-2-12-27-25(33)20-8-3-4-9-21(20)28-24(32)17-10-13-31(14-11-17)16-22-29-23(30-34-22)18-6-5-7-19(26)15-18/h2-9,15,17H,1,10-14,16H2,(H,27,33)(H,28,32). The number of carbonyl (C=O) groups excluding carboxylic acids is 2. The highest BCUT2D eigenvalue weighted by molar-refractivity contribution is 6.30. The zero-order chi connectivity index (χ0) is 23.9. The number of nitrogens with one attached hydrogen (secondary N) is 2. The Morgan fingerprint density at radius 2 is 1.97 bits per heavy atom. The molecule has 1 aromatic heterocycles. The molecule has 0 saturated carbocycles. The lowest BCUT2D eigenvalue weighted by Crippen LogP contribution is -2.38. The van der Waals surface area contributed by atoms with Gasteiger partial charge in [-0.25, -0.2) is 0 Å². The number of piperidine rings is 1. The quantitative estimate of drug-likeness (QED) is 0.470. The molecule has 2 amide bonds. The second kappa shape index (κ2) is 11.1. The third kappa shape index (κ3) is 5.89. The maximum Gasteiger partial charge on any atom is 0.253 e. The molecule has 2 heterocycles. The summed E-state index contributed by atoms with van der Waals surface area (Å²) < 4.78 is 5.41. The molecule has 9 heteroatoms. The molecule has 8 nitrogen and oxygen atoms in total. The summed E-state index contributed by atoms with van der Waals surface area (Å²) in [5, 5.41) is 10.3. The molecule has 1 fully saturated rings. The van der Waals surface area contributed by atoms with Crippen LogP contribution < -0.4 is 10.6 Å². The van der Waals surface area contributed by atoms with Crippen molar-refractivity contribution in [3.05, 3.63) is 77.7 Å². The highest BCUT2D eigenvalue weighted by atomic mass is 35.5. The van der Waals surface area contributed by atoms with Gasteiger partial charge in [-0.3, -0.25) is 14.5 Å². The van der Waals surface area contributed by atoms with Gasteiger partial charge in [0.1, 0.15) is 0 Å². The molecule has 2 aromatic carbocycles. The van der Waals surface area contributed by atoms with Crippen LogP contribution in [-0.2, 0) is 11.3 Å². The molecular formula is C25H26ClN5O3. The first-order valence-electron chi connectivity index (χ1n) is 11.1. The first-order chi connectivity index (χ1) is 16.5. The lowest BCUT2D eigenvalue weighted by Gasteiger charge is -2.30. The number of amides is 2. The highest BCUT2D eigenvalue weighted by Gasteiger charge is 2.27. The number of nitrogens with zero attached hydrogens (tertiary/aromatic N) is 3. The molecule has 34 heavy (non-hydrogen) atoms. The van der Waals surface area contributed by atoms with Gasteiger partial charge in [0, 0.05) is 23.0 Å². The van der Waals surface area contributed by atoms with E-state index in [1.54, 1.807) is 42.5 Å². The van der Waals surface area contributed by atoms with E-state index in [0.717, 1.165) is 18.7 Å². The molecule has 0 spiro atoms. The van der Waals surface area contributed by atoms with Crippen molar-refractivity contribution in [1.82, 2.24) is 20.4 Å². The van der Waals surface area contributed by atoms with E-state index in [9.17, 15) is 9.59 Å². The molecule has 4 rings (SSSR count). The molecule has 3 aromatic rings. The van der Waals surface area contributed by atoms with Crippen LogP contribution in [0.5, 0.6) is 0 Å². The first kappa shape index (κ1) is 23.7. The molecule has 176 valence electrons. The Labute approximate surface area is 203 Å². The summed E-state index contributed by atoms with van der Waals surface area (Å²) in [5.41, 5.74) is 1.74. The summed E-state index contributed by atoms with van der Waals surface area (Å²) in [6, 6.07) is 14.3. The fraction of sp³-hybridized carbons (Fsp3) is 0.280. The largest absolute Gasteiger partial charge is 0.349 e. The van der Waals surface area contributed by atoms with E-state index in [-0.39, 0.29) is 17.7 Å². The number of carbonyl (C=O) groups is 2. The predicted octanol–water partition coefficient (Wildman–Crippen LogP) is 4.16. The molecule has 1 aliphatic rings. The van der Waals surface area contributed by atoms with Crippen LogP contribution in [0.4, 0.5) is 5.69 Å². The van der Waals surface area contributed by atoms with Gasteiger partial charge >= 0.3 is 0 Å². The van der Waals surface area contributed by atoms with Crippen molar-refractivity contribution in [2.45, 2.75) is 19.4 Å². The zero-order valence-electron chi connectivity index (χ0n) is 18.7. The van der Waals surface area contributed by atoms with Crippen LogP contribution in [0.2, 0.25) is 5.02 Å². The summed E-state index contributed by atoms with van der Waals surface area (Å²) in [5.74, 6) is 0.567. The summed E-state index contributed by atoms with van der Waals surface area (Å²) >= 11 is 6.04. The molecule has 0 bridgehead atoms. The summed E-state index contributed by atoms with van der Waals surface area (Å²) in [6.45, 7) is 5.95. The normalized spacial score (nSPS) is 14.5. The molecule has 0 radical (unpaired) electrons. The second-order valence-electron chi connectivity index (χ2n) is 8.11. The van der Waals surface area contributed by atoms with E-state index >= 15 is 0 Å². The number of aromatic nitrogens is 2. The topological polar surface area (TPSA) is 100 Å². The summed E-state index contributed by atoms with van der Waals surface area (Å²) in [7, 11) is 0. The van der Waals surface area contributed by atoms with Crippen molar-refractivity contribution < 1.29 is 14.1 Å². The monoisotopic (exact) mass is 479 g/mol. The molecule has 1 saturated heterocycles. The number of para-hydroxylation sites is 1. The molecule has 0 unspecified atom stereocenters. The Balaban J connectivity index is 1.30. The number of anilines is 1. The minimum absolute atomic E-state index is 0.0790. The highest BCUT2D eigenvalue weighted by Crippen LogP contribution is 2.24. The van der Waals surface area contributed by atoms with Gasteiger partial charge in [-0.15, -0.1) is 6.58 Å². The lowest BCUT2D eigenvalue weighted by atomic mass is 9.95. The van der Waals surface area contributed by atoms with Gasteiger partial charge in [0.05, 0.1) is 17.8 Å². The molecule has 0 atom stereocenters. The van der Waals surface area contributed by atoms with Crippen LogP contribution in [0.3, 0.4) is 0 Å². The Morgan fingerprint density at radius 3 is 2.74 bits per heavy atom. The Morgan fingerprint density at radius 1 is 1.18 bits per heavy atom. The van der Waals surface area contributed by atoms with Crippen LogP contribution in [0, 0.1) is 5.92 Å². The van der Waals surface area contributed by atoms with Gasteiger partial charge in [-0.2, -0.15) is 4.98 Å². The second-order valence-corrected chi connectivity index (χ2v) is 8.54. The molecular weight excluding hydrogens is 454 g/mol.